The normalized spacial score (nSPS) is 14.1. The quantitative estimate of drug-likeness (QED) is 0.497. The minimum absolute atomic E-state index is 0.122. The Hall–Kier alpha value is -3.42. The van der Waals surface area contributed by atoms with Gasteiger partial charge < -0.3 is 9.64 Å². The van der Waals surface area contributed by atoms with Crippen LogP contribution in [-0.4, -0.2) is 24.0 Å². The van der Waals surface area contributed by atoms with Gasteiger partial charge in [-0.05, 0) is 47.5 Å². The van der Waals surface area contributed by atoms with Crippen molar-refractivity contribution in [2.24, 2.45) is 0 Å². The van der Waals surface area contributed by atoms with Crippen LogP contribution in [0.2, 0.25) is 0 Å². The maximum absolute atomic E-state index is 14.0. The van der Waals surface area contributed by atoms with E-state index in [4.69, 9.17) is 4.74 Å². The average Bonchev–Trinajstić information content (AvgIpc) is 2.89. The van der Waals surface area contributed by atoms with Crippen molar-refractivity contribution in [2.45, 2.75) is 12.7 Å². The molecule has 3 aromatic carbocycles. The van der Waals surface area contributed by atoms with Crippen LogP contribution >= 0.6 is 0 Å². The van der Waals surface area contributed by atoms with Crippen LogP contribution in [0, 0.1) is 11.6 Å². The van der Waals surface area contributed by atoms with Crippen molar-refractivity contribution in [2.75, 3.05) is 13.2 Å². The van der Waals surface area contributed by atoms with Gasteiger partial charge in [-0.2, -0.15) is 13.2 Å². The first-order valence-electron chi connectivity index (χ1n) is 9.40. The number of rotatable bonds is 3. The summed E-state index contributed by atoms with van der Waals surface area (Å²) in [6, 6.07) is 12.8. The van der Waals surface area contributed by atoms with Crippen LogP contribution in [-0.2, 0) is 12.7 Å². The molecular formula is C23H16F5NO2. The number of hydrogen-bond donors (Lipinski definition) is 0. The van der Waals surface area contributed by atoms with Gasteiger partial charge in [-0.25, -0.2) is 8.78 Å². The number of halogens is 5. The van der Waals surface area contributed by atoms with Gasteiger partial charge in [0, 0.05) is 5.56 Å². The fourth-order valence-electron chi connectivity index (χ4n) is 3.42. The predicted molar refractivity (Wildman–Crippen MR) is 103 cm³/mol. The van der Waals surface area contributed by atoms with Crippen LogP contribution in [0.3, 0.4) is 0 Å². The molecule has 1 aliphatic heterocycles. The lowest BCUT2D eigenvalue weighted by Gasteiger charge is -2.20. The van der Waals surface area contributed by atoms with E-state index in [1.165, 1.54) is 29.2 Å². The van der Waals surface area contributed by atoms with Crippen LogP contribution < -0.4 is 4.74 Å². The molecule has 1 aliphatic rings. The second-order valence-electron chi connectivity index (χ2n) is 7.06. The zero-order valence-corrected chi connectivity index (χ0v) is 16.0. The third-order valence-corrected chi connectivity index (χ3v) is 5.07. The molecular weight excluding hydrogens is 417 g/mol. The molecule has 4 rings (SSSR count). The Kier molecular flexibility index (Phi) is 5.39. The Labute approximate surface area is 174 Å². The molecule has 0 saturated heterocycles. The van der Waals surface area contributed by atoms with Gasteiger partial charge in [0.2, 0.25) is 0 Å². The van der Waals surface area contributed by atoms with Crippen molar-refractivity contribution in [1.82, 2.24) is 4.90 Å². The standard InChI is InChI=1S/C23H16F5NO2/c24-19-2-1-3-20(25)18(19)13-29-10-11-31-21-9-6-15(12-17(21)22(29)30)14-4-7-16(8-5-14)23(26,27)28/h1-9,12H,10-11,13H2. The molecule has 1 amide bonds. The Balaban J connectivity index is 1.65. The molecule has 0 fully saturated rings. The summed E-state index contributed by atoms with van der Waals surface area (Å²) >= 11 is 0. The van der Waals surface area contributed by atoms with Gasteiger partial charge in [0.1, 0.15) is 24.0 Å². The van der Waals surface area contributed by atoms with Gasteiger partial charge in [-0.3, -0.25) is 4.79 Å². The number of ether oxygens (including phenoxy) is 1. The van der Waals surface area contributed by atoms with Crippen LogP contribution in [0.15, 0.2) is 60.7 Å². The van der Waals surface area contributed by atoms with E-state index in [1.54, 1.807) is 12.1 Å². The van der Waals surface area contributed by atoms with Crippen molar-refractivity contribution >= 4 is 5.91 Å². The van der Waals surface area contributed by atoms with Crippen LogP contribution in [0.1, 0.15) is 21.5 Å². The van der Waals surface area contributed by atoms with Gasteiger partial charge in [0.05, 0.1) is 24.2 Å². The van der Waals surface area contributed by atoms with E-state index in [-0.39, 0.29) is 30.8 Å². The number of benzene rings is 3. The van der Waals surface area contributed by atoms with Crippen molar-refractivity contribution in [1.29, 1.82) is 0 Å². The molecule has 8 heteroatoms. The summed E-state index contributed by atoms with van der Waals surface area (Å²) < 4.78 is 72.1. The fourth-order valence-corrected chi connectivity index (χ4v) is 3.42. The first-order valence-corrected chi connectivity index (χ1v) is 9.40. The molecule has 1 heterocycles. The third kappa shape index (κ3) is 4.23. The summed E-state index contributed by atoms with van der Waals surface area (Å²) in [5.74, 6) is -1.69. The van der Waals surface area contributed by atoms with Crippen molar-refractivity contribution in [3.63, 3.8) is 0 Å². The zero-order valence-electron chi connectivity index (χ0n) is 16.0. The zero-order chi connectivity index (χ0) is 22.2. The highest BCUT2D eigenvalue weighted by atomic mass is 19.4. The van der Waals surface area contributed by atoms with E-state index < -0.39 is 29.3 Å². The largest absolute Gasteiger partial charge is 0.491 e. The molecule has 31 heavy (non-hydrogen) atoms. The summed E-state index contributed by atoms with van der Waals surface area (Å²) in [5, 5.41) is 0. The summed E-state index contributed by atoms with van der Waals surface area (Å²) in [6.45, 7) is -0.0179. The molecule has 0 radical (unpaired) electrons. The van der Waals surface area contributed by atoms with E-state index in [2.05, 4.69) is 0 Å². The smallest absolute Gasteiger partial charge is 0.416 e. The molecule has 0 atom stereocenters. The van der Waals surface area contributed by atoms with Gasteiger partial charge >= 0.3 is 6.18 Å². The number of hydrogen-bond acceptors (Lipinski definition) is 2. The number of amides is 1. The van der Waals surface area contributed by atoms with Gasteiger partial charge in [-0.1, -0.05) is 24.3 Å². The molecule has 3 nitrogen and oxygen atoms in total. The van der Waals surface area contributed by atoms with Crippen LogP contribution in [0.5, 0.6) is 5.75 Å². The topological polar surface area (TPSA) is 29.5 Å². The number of alkyl halides is 3. The summed E-state index contributed by atoms with van der Waals surface area (Å²) in [5.41, 5.74) is 0.177. The third-order valence-electron chi connectivity index (χ3n) is 5.07. The minimum atomic E-state index is -4.45. The summed E-state index contributed by atoms with van der Waals surface area (Å²) in [7, 11) is 0. The van der Waals surface area contributed by atoms with E-state index >= 15 is 0 Å². The Morgan fingerprint density at radius 2 is 1.55 bits per heavy atom. The molecule has 0 unspecified atom stereocenters. The van der Waals surface area contributed by atoms with Crippen molar-refractivity contribution < 1.29 is 31.5 Å². The highest BCUT2D eigenvalue weighted by molar-refractivity contribution is 5.98. The predicted octanol–water partition coefficient (Wildman–Crippen LogP) is 5.69. The Bertz CT molecular complexity index is 1110. The lowest BCUT2D eigenvalue weighted by Crippen LogP contribution is -2.32. The fraction of sp³-hybridized carbons (Fsp3) is 0.174. The number of fused-ring (bicyclic) bond motifs is 1. The number of nitrogens with zero attached hydrogens (tertiary/aromatic N) is 1. The van der Waals surface area contributed by atoms with Crippen molar-refractivity contribution in [3.8, 4) is 16.9 Å². The SMILES string of the molecule is O=C1c2cc(-c3ccc(C(F)(F)F)cc3)ccc2OCCN1Cc1c(F)cccc1F. The van der Waals surface area contributed by atoms with Gasteiger partial charge in [0.15, 0.2) is 0 Å². The molecule has 0 aliphatic carbocycles. The second-order valence-corrected chi connectivity index (χ2v) is 7.06. The van der Waals surface area contributed by atoms with E-state index in [9.17, 15) is 26.7 Å². The van der Waals surface area contributed by atoms with Crippen molar-refractivity contribution in [3.05, 3.63) is 89.0 Å². The molecule has 0 bridgehead atoms. The maximum atomic E-state index is 14.0. The van der Waals surface area contributed by atoms with E-state index in [0.29, 0.717) is 16.9 Å². The second kappa shape index (κ2) is 8.02. The molecule has 0 spiro atoms. The molecule has 0 aromatic heterocycles. The molecule has 3 aromatic rings. The molecule has 160 valence electrons. The average molecular weight is 433 g/mol. The van der Waals surface area contributed by atoms with Crippen LogP contribution in [0.25, 0.3) is 11.1 Å². The number of carbonyl (C=O) groups is 1. The first kappa shape index (κ1) is 20.8. The molecule has 0 N–H and O–H groups in total. The Morgan fingerprint density at radius 3 is 2.19 bits per heavy atom. The lowest BCUT2D eigenvalue weighted by molar-refractivity contribution is -0.137. The maximum Gasteiger partial charge on any atom is 0.416 e. The Morgan fingerprint density at radius 1 is 0.903 bits per heavy atom. The lowest BCUT2D eigenvalue weighted by atomic mass is 10.0. The minimum Gasteiger partial charge on any atom is -0.491 e. The molecule has 0 saturated carbocycles. The number of carbonyl (C=O) groups excluding carboxylic acids is 1. The first-order chi connectivity index (χ1) is 14.7. The van der Waals surface area contributed by atoms with Crippen LogP contribution in [0.4, 0.5) is 22.0 Å². The highest BCUT2D eigenvalue weighted by Crippen LogP contribution is 2.33. The monoisotopic (exact) mass is 433 g/mol. The summed E-state index contributed by atoms with van der Waals surface area (Å²) in [4.78, 5) is 14.4. The van der Waals surface area contributed by atoms with Gasteiger partial charge in [0.25, 0.3) is 5.91 Å². The van der Waals surface area contributed by atoms with Gasteiger partial charge in [-0.15, -0.1) is 0 Å². The van der Waals surface area contributed by atoms with E-state index in [0.717, 1.165) is 24.3 Å². The summed E-state index contributed by atoms with van der Waals surface area (Å²) in [6.07, 6.45) is -4.45. The highest BCUT2D eigenvalue weighted by Gasteiger charge is 2.30. The van der Waals surface area contributed by atoms with E-state index in [1.807, 2.05) is 0 Å².